The molecule has 1 N–H and O–H groups in total. The fourth-order valence-corrected chi connectivity index (χ4v) is 1.80. The van der Waals surface area contributed by atoms with E-state index in [1.54, 1.807) is 12.1 Å². The maximum Gasteiger partial charge on any atom is 0.296 e. The molecule has 8 heteroatoms. The summed E-state index contributed by atoms with van der Waals surface area (Å²) >= 11 is 0. The van der Waals surface area contributed by atoms with Crippen molar-refractivity contribution in [2.24, 2.45) is 0 Å². The van der Waals surface area contributed by atoms with Crippen molar-refractivity contribution in [3.63, 3.8) is 0 Å². The Hall–Kier alpha value is -3.16. The molecular formula is C14H13N3O5. The lowest BCUT2D eigenvalue weighted by atomic mass is 10.2. The predicted molar refractivity (Wildman–Crippen MR) is 78.4 cm³/mol. The van der Waals surface area contributed by atoms with Crippen molar-refractivity contribution in [3.8, 4) is 11.5 Å². The van der Waals surface area contributed by atoms with E-state index < -0.39 is 10.8 Å². The summed E-state index contributed by atoms with van der Waals surface area (Å²) in [5.74, 6) is -0.0922. The van der Waals surface area contributed by atoms with Gasteiger partial charge in [-0.3, -0.25) is 19.9 Å². The summed E-state index contributed by atoms with van der Waals surface area (Å²) in [5.41, 5.74) is -0.160. The average molecular weight is 303 g/mol. The van der Waals surface area contributed by atoms with E-state index in [0.717, 1.165) is 0 Å². The van der Waals surface area contributed by atoms with Gasteiger partial charge < -0.3 is 14.8 Å². The molecule has 1 amide bonds. The first kappa shape index (κ1) is 15.2. The molecule has 0 aliphatic heterocycles. The van der Waals surface area contributed by atoms with Crippen molar-refractivity contribution < 1.29 is 19.2 Å². The van der Waals surface area contributed by atoms with Crippen LogP contribution < -0.4 is 14.8 Å². The molecular weight excluding hydrogens is 290 g/mol. The monoisotopic (exact) mass is 303 g/mol. The lowest BCUT2D eigenvalue weighted by Gasteiger charge is -2.11. The van der Waals surface area contributed by atoms with Gasteiger partial charge >= 0.3 is 0 Å². The maximum absolute atomic E-state index is 12.1. The molecule has 0 saturated carbocycles. The number of rotatable bonds is 5. The third-order valence-electron chi connectivity index (χ3n) is 2.84. The van der Waals surface area contributed by atoms with Gasteiger partial charge in [-0.15, -0.1) is 0 Å². The number of nitro benzene ring substituents is 1. The number of methoxy groups -OCH3 is 2. The molecule has 0 radical (unpaired) electrons. The van der Waals surface area contributed by atoms with Crippen molar-refractivity contribution in [2.75, 3.05) is 19.5 Å². The number of nitrogens with zero attached hydrogens (tertiary/aromatic N) is 2. The minimum absolute atomic E-state index is 0.00157. The Balaban J connectivity index is 2.41. The number of nitro groups is 1. The number of benzene rings is 1. The highest BCUT2D eigenvalue weighted by atomic mass is 16.6. The zero-order valence-electron chi connectivity index (χ0n) is 11.9. The second-order valence-electron chi connectivity index (χ2n) is 4.15. The Bertz CT molecular complexity index is 703. The summed E-state index contributed by atoms with van der Waals surface area (Å²) in [4.78, 5) is 26.5. The van der Waals surface area contributed by atoms with Crippen LogP contribution in [-0.2, 0) is 0 Å². The van der Waals surface area contributed by atoms with Crippen molar-refractivity contribution in [2.45, 2.75) is 0 Å². The summed E-state index contributed by atoms with van der Waals surface area (Å²) in [7, 11) is 2.77. The number of carbonyl (C=O) groups excluding carboxylic acids is 1. The van der Waals surface area contributed by atoms with E-state index in [1.807, 2.05) is 0 Å². The van der Waals surface area contributed by atoms with Crippen LogP contribution in [0.2, 0.25) is 0 Å². The van der Waals surface area contributed by atoms with Crippen molar-refractivity contribution in [3.05, 3.63) is 52.3 Å². The first-order valence-electron chi connectivity index (χ1n) is 6.19. The van der Waals surface area contributed by atoms with Crippen LogP contribution in [0.3, 0.4) is 0 Å². The van der Waals surface area contributed by atoms with Gasteiger partial charge in [-0.1, -0.05) is 6.07 Å². The van der Waals surface area contributed by atoms with E-state index in [9.17, 15) is 14.9 Å². The summed E-state index contributed by atoms with van der Waals surface area (Å²) in [6.45, 7) is 0. The van der Waals surface area contributed by atoms with Crippen molar-refractivity contribution >= 4 is 17.3 Å². The molecule has 0 aliphatic rings. The lowest BCUT2D eigenvalue weighted by Crippen LogP contribution is -2.14. The highest BCUT2D eigenvalue weighted by Gasteiger charge is 2.21. The topological polar surface area (TPSA) is 104 Å². The van der Waals surface area contributed by atoms with Crippen LogP contribution in [0.15, 0.2) is 36.5 Å². The average Bonchev–Trinajstić information content (AvgIpc) is 2.54. The van der Waals surface area contributed by atoms with Gasteiger partial charge in [-0.05, 0) is 12.1 Å². The molecule has 114 valence electrons. The van der Waals surface area contributed by atoms with E-state index >= 15 is 0 Å². The largest absolute Gasteiger partial charge is 0.493 e. The standard InChI is InChI=1S/C14H13N3O5/c1-21-12-7-10(11(17(19)20)8-13(12)22-2)16-14(18)9-5-3-4-6-15-9/h3-8H,1-2H3,(H,16,18). The van der Waals surface area contributed by atoms with Gasteiger partial charge in [0.15, 0.2) is 11.5 Å². The highest BCUT2D eigenvalue weighted by molar-refractivity contribution is 6.04. The number of amides is 1. The van der Waals surface area contributed by atoms with Crippen molar-refractivity contribution in [1.82, 2.24) is 4.98 Å². The van der Waals surface area contributed by atoms with E-state index in [4.69, 9.17) is 9.47 Å². The smallest absolute Gasteiger partial charge is 0.296 e. The van der Waals surface area contributed by atoms with Gasteiger partial charge in [0, 0.05) is 12.3 Å². The number of ether oxygens (including phenoxy) is 2. The quantitative estimate of drug-likeness (QED) is 0.671. The number of carbonyl (C=O) groups is 1. The number of aromatic nitrogens is 1. The molecule has 1 heterocycles. The first-order valence-corrected chi connectivity index (χ1v) is 6.19. The minimum Gasteiger partial charge on any atom is -0.493 e. The molecule has 1 aromatic carbocycles. The van der Waals surface area contributed by atoms with Crippen LogP contribution in [0.1, 0.15) is 10.5 Å². The summed E-state index contributed by atoms with van der Waals surface area (Å²) in [5, 5.41) is 13.6. The third kappa shape index (κ3) is 3.11. The second kappa shape index (κ2) is 6.53. The molecule has 0 aliphatic carbocycles. The fraction of sp³-hybridized carbons (Fsp3) is 0.143. The molecule has 8 nitrogen and oxygen atoms in total. The number of nitrogens with one attached hydrogen (secondary N) is 1. The number of hydrogen-bond donors (Lipinski definition) is 1. The van der Waals surface area contributed by atoms with Gasteiger partial charge in [0.1, 0.15) is 11.4 Å². The molecule has 0 saturated heterocycles. The molecule has 0 spiro atoms. The summed E-state index contributed by atoms with van der Waals surface area (Å²) < 4.78 is 10.1. The Morgan fingerprint density at radius 2 is 1.91 bits per heavy atom. The van der Waals surface area contributed by atoms with Gasteiger partial charge in [-0.25, -0.2) is 0 Å². The molecule has 0 fully saturated rings. The summed E-state index contributed by atoms with van der Waals surface area (Å²) in [6.07, 6.45) is 1.46. The van der Waals surface area contributed by atoms with Crippen LogP contribution >= 0.6 is 0 Å². The number of anilines is 1. The molecule has 22 heavy (non-hydrogen) atoms. The number of pyridine rings is 1. The van der Waals surface area contributed by atoms with E-state index in [2.05, 4.69) is 10.3 Å². The molecule has 0 unspecified atom stereocenters. The van der Waals surface area contributed by atoms with Crippen LogP contribution in [0.25, 0.3) is 0 Å². The van der Waals surface area contributed by atoms with Gasteiger partial charge in [0.2, 0.25) is 0 Å². The SMILES string of the molecule is COc1cc(NC(=O)c2ccccn2)c([N+](=O)[O-])cc1OC. The van der Waals surface area contributed by atoms with Crippen molar-refractivity contribution in [1.29, 1.82) is 0 Å². The summed E-state index contributed by atoms with van der Waals surface area (Å²) in [6, 6.07) is 7.33. The van der Waals surface area contributed by atoms with E-state index in [-0.39, 0.29) is 28.6 Å². The molecule has 0 atom stereocenters. The van der Waals surface area contributed by atoms with Crippen LogP contribution in [-0.4, -0.2) is 30.0 Å². The Morgan fingerprint density at radius 1 is 1.23 bits per heavy atom. The molecule has 2 aromatic rings. The Labute approximate surface area is 125 Å². The molecule has 0 bridgehead atoms. The van der Waals surface area contributed by atoms with Crippen LogP contribution in [0, 0.1) is 10.1 Å². The minimum atomic E-state index is -0.615. The van der Waals surface area contributed by atoms with Crippen LogP contribution in [0.4, 0.5) is 11.4 Å². The molecule has 2 rings (SSSR count). The first-order chi connectivity index (χ1) is 10.6. The maximum atomic E-state index is 12.1. The predicted octanol–water partition coefficient (Wildman–Crippen LogP) is 2.26. The zero-order valence-corrected chi connectivity index (χ0v) is 11.9. The zero-order chi connectivity index (χ0) is 16.1. The Morgan fingerprint density at radius 3 is 2.45 bits per heavy atom. The third-order valence-corrected chi connectivity index (χ3v) is 2.84. The number of hydrogen-bond acceptors (Lipinski definition) is 6. The highest BCUT2D eigenvalue weighted by Crippen LogP contribution is 2.37. The normalized spacial score (nSPS) is 9.91. The van der Waals surface area contributed by atoms with Gasteiger partial charge in [0.25, 0.3) is 11.6 Å². The Kier molecular flexibility index (Phi) is 4.52. The van der Waals surface area contributed by atoms with Gasteiger partial charge in [-0.2, -0.15) is 0 Å². The second-order valence-corrected chi connectivity index (χ2v) is 4.15. The van der Waals surface area contributed by atoms with Crippen LogP contribution in [0.5, 0.6) is 11.5 Å². The fourth-order valence-electron chi connectivity index (χ4n) is 1.80. The lowest BCUT2D eigenvalue weighted by molar-refractivity contribution is -0.384. The van der Waals surface area contributed by atoms with Gasteiger partial charge in [0.05, 0.1) is 25.2 Å². The van der Waals surface area contributed by atoms with E-state index in [0.29, 0.717) is 0 Å². The van der Waals surface area contributed by atoms with E-state index in [1.165, 1.54) is 38.6 Å². The molecule has 1 aromatic heterocycles.